The van der Waals surface area contributed by atoms with Crippen LogP contribution in [0.15, 0.2) is 35.5 Å². The van der Waals surface area contributed by atoms with Crippen LogP contribution in [0.4, 0.5) is 18.0 Å². The van der Waals surface area contributed by atoms with E-state index in [4.69, 9.17) is 0 Å². The van der Waals surface area contributed by atoms with Crippen molar-refractivity contribution in [2.75, 3.05) is 40.3 Å². The van der Waals surface area contributed by atoms with Crippen LogP contribution in [0.2, 0.25) is 0 Å². The van der Waals surface area contributed by atoms with E-state index in [2.05, 4.69) is 10.2 Å². The van der Waals surface area contributed by atoms with Gasteiger partial charge in [-0.05, 0) is 63.9 Å². The van der Waals surface area contributed by atoms with Crippen molar-refractivity contribution in [3.8, 4) is 0 Å². The van der Waals surface area contributed by atoms with Crippen LogP contribution in [0.3, 0.4) is 0 Å². The second-order valence-corrected chi connectivity index (χ2v) is 11.1. The zero-order valence-electron chi connectivity index (χ0n) is 23.2. The molecule has 39 heavy (non-hydrogen) atoms. The predicted molar refractivity (Wildman–Crippen MR) is 140 cm³/mol. The third-order valence-corrected chi connectivity index (χ3v) is 8.08. The van der Waals surface area contributed by atoms with Crippen LogP contribution in [0.5, 0.6) is 0 Å². The van der Waals surface area contributed by atoms with Gasteiger partial charge in [0.2, 0.25) is 5.91 Å². The molecule has 2 atom stereocenters. The molecule has 214 valence electrons. The minimum atomic E-state index is -4.67. The molecule has 3 aliphatic rings. The van der Waals surface area contributed by atoms with Gasteiger partial charge in [0, 0.05) is 19.6 Å². The van der Waals surface area contributed by atoms with Crippen LogP contribution < -0.4 is 5.32 Å². The normalized spacial score (nSPS) is 21.9. The number of benzene rings is 1. The third-order valence-electron chi connectivity index (χ3n) is 8.08. The van der Waals surface area contributed by atoms with Gasteiger partial charge in [-0.3, -0.25) is 14.5 Å². The van der Waals surface area contributed by atoms with E-state index >= 15 is 0 Å². The fraction of sp³-hybridized carbons (Fsp3) is 0.607. The highest BCUT2D eigenvalue weighted by Gasteiger charge is 2.49. The van der Waals surface area contributed by atoms with E-state index in [-0.39, 0.29) is 42.1 Å². The number of hydrogen-bond acceptors (Lipinski definition) is 4. The van der Waals surface area contributed by atoms with Crippen LogP contribution >= 0.6 is 0 Å². The van der Waals surface area contributed by atoms with Gasteiger partial charge in [0.15, 0.2) is 0 Å². The number of likely N-dealkylation sites (tertiary alicyclic amines) is 1. The Labute approximate surface area is 227 Å². The predicted octanol–water partition coefficient (Wildman–Crippen LogP) is 3.86. The summed E-state index contributed by atoms with van der Waals surface area (Å²) in [6.45, 7) is 7.64. The Morgan fingerprint density at radius 3 is 2.38 bits per heavy atom. The summed E-state index contributed by atoms with van der Waals surface area (Å²) < 4.78 is 41.8. The maximum Gasteiger partial charge on any atom is 0.416 e. The minimum absolute atomic E-state index is 0.00944. The number of amides is 4. The van der Waals surface area contributed by atoms with Gasteiger partial charge >= 0.3 is 12.2 Å². The van der Waals surface area contributed by atoms with Gasteiger partial charge in [-0.1, -0.05) is 32.0 Å². The minimum Gasteiger partial charge on any atom is -0.341 e. The van der Waals surface area contributed by atoms with Gasteiger partial charge in [-0.25, -0.2) is 4.79 Å². The topological polar surface area (TPSA) is 76.2 Å². The van der Waals surface area contributed by atoms with Gasteiger partial charge in [-0.15, -0.1) is 0 Å². The maximum absolute atomic E-state index is 14.1. The molecule has 11 heteroatoms. The highest BCUT2D eigenvalue weighted by atomic mass is 19.4. The smallest absolute Gasteiger partial charge is 0.341 e. The summed E-state index contributed by atoms with van der Waals surface area (Å²) in [4.78, 5) is 47.8. The van der Waals surface area contributed by atoms with Crippen molar-refractivity contribution in [2.24, 2.45) is 5.92 Å². The molecule has 4 amide bonds. The van der Waals surface area contributed by atoms with E-state index in [1.54, 1.807) is 18.9 Å². The first-order valence-electron chi connectivity index (χ1n) is 13.6. The van der Waals surface area contributed by atoms with Crippen molar-refractivity contribution in [3.63, 3.8) is 0 Å². The molecule has 0 aliphatic carbocycles. The average molecular weight is 550 g/mol. The van der Waals surface area contributed by atoms with E-state index < -0.39 is 35.8 Å². The molecular formula is C28H38F3N5O3. The van der Waals surface area contributed by atoms with Gasteiger partial charge in [0.05, 0.1) is 29.4 Å². The highest BCUT2D eigenvalue weighted by Crippen LogP contribution is 2.42. The van der Waals surface area contributed by atoms with Crippen LogP contribution in [0, 0.1) is 5.92 Å². The summed E-state index contributed by atoms with van der Waals surface area (Å²) >= 11 is 0. The van der Waals surface area contributed by atoms with Gasteiger partial charge < -0.3 is 20.0 Å². The van der Waals surface area contributed by atoms with Gasteiger partial charge in [0.1, 0.15) is 6.04 Å². The molecule has 0 unspecified atom stereocenters. The van der Waals surface area contributed by atoms with Crippen molar-refractivity contribution in [1.29, 1.82) is 0 Å². The molecule has 0 aromatic heterocycles. The first-order valence-corrected chi connectivity index (χ1v) is 13.6. The summed E-state index contributed by atoms with van der Waals surface area (Å²) in [6.07, 6.45) is -2.61. The second-order valence-electron chi connectivity index (χ2n) is 11.1. The van der Waals surface area contributed by atoms with E-state index in [0.29, 0.717) is 12.1 Å². The largest absolute Gasteiger partial charge is 0.416 e. The summed E-state index contributed by atoms with van der Waals surface area (Å²) in [5.74, 6) is -0.610. The van der Waals surface area contributed by atoms with Crippen molar-refractivity contribution < 1.29 is 27.6 Å². The summed E-state index contributed by atoms with van der Waals surface area (Å²) in [5, 5.41) is 2.64. The Balaban J connectivity index is 1.71. The van der Waals surface area contributed by atoms with Crippen LogP contribution in [-0.2, 0) is 15.8 Å². The van der Waals surface area contributed by atoms with Crippen molar-refractivity contribution in [1.82, 2.24) is 24.9 Å². The number of nitrogens with one attached hydrogen (secondary N) is 1. The molecule has 3 heterocycles. The molecular weight excluding hydrogens is 511 g/mol. The fourth-order valence-electron chi connectivity index (χ4n) is 5.94. The Morgan fingerprint density at radius 2 is 1.79 bits per heavy atom. The molecule has 0 saturated carbocycles. The first kappa shape index (κ1) is 28.9. The van der Waals surface area contributed by atoms with Gasteiger partial charge in [-0.2, -0.15) is 13.2 Å². The average Bonchev–Trinajstić information content (AvgIpc) is 3.22. The fourth-order valence-corrected chi connectivity index (χ4v) is 5.94. The Bertz CT molecular complexity index is 1140. The Morgan fingerprint density at radius 1 is 1.15 bits per heavy atom. The molecule has 1 aromatic carbocycles. The first-order chi connectivity index (χ1) is 18.3. The molecule has 0 spiro atoms. The molecule has 3 aliphatic heterocycles. The standard InChI is InChI=1S/C28H38F3N5O3/c1-6-35-22-16-36(21(15-17(2)3)25(37)34(5)18-11-13-33(4)14-12-18)26(38)23(22)24(32-27(35)39)19-9-7-8-10-20(19)28(29,30)31/h7-10,17-18,21,24H,6,11-16H2,1-5H3,(H,32,39)/t21-,24-/m1/s1. The Kier molecular flexibility index (Phi) is 8.30. The van der Waals surface area contributed by atoms with E-state index in [9.17, 15) is 27.6 Å². The summed E-state index contributed by atoms with van der Waals surface area (Å²) in [5.41, 5.74) is -0.643. The van der Waals surface area contributed by atoms with Crippen LogP contribution in [-0.4, -0.2) is 89.8 Å². The number of likely N-dealkylation sites (N-methyl/N-ethyl adjacent to an activating group) is 2. The number of nitrogens with zero attached hydrogens (tertiary/aromatic N) is 4. The summed E-state index contributed by atoms with van der Waals surface area (Å²) in [6, 6.07) is 2.40. The SMILES string of the molecule is CCN1C(=O)N[C@H](c2ccccc2C(F)(F)F)C2=C1CN([C@H](CC(C)C)C(=O)N(C)C1CCN(C)CC1)C2=O. The number of hydrogen-bond donors (Lipinski definition) is 1. The maximum atomic E-state index is 14.1. The summed E-state index contributed by atoms with van der Waals surface area (Å²) in [7, 11) is 3.81. The monoisotopic (exact) mass is 549 g/mol. The van der Waals surface area contributed by atoms with E-state index in [1.165, 1.54) is 28.0 Å². The number of carbonyl (C=O) groups is 3. The molecule has 4 rings (SSSR count). The van der Waals surface area contributed by atoms with Crippen molar-refractivity contribution >= 4 is 17.8 Å². The van der Waals surface area contributed by atoms with E-state index in [1.807, 2.05) is 20.9 Å². The van der Waals surface area contributed by atoms with Crippen molar-refractivity contribution in [2.45, 2.75) is 64.3 Å². The molecule has 8 nitrogen and oxygen atoms in total. The second kappa shape index (κ2) is 11.2. The molecule has 1 saturated heterocycles. The number of alkyl halides is 3. The molecule has 1 N–H and O–H groups in total. The molecule has 1 aromatic rings. The zero-order valence-corrected chi connectivity index (χ0v) is 23.2. The van der Waals surface area contributed by atoms with Crippen LogP contribution in [0.1, 0.15) is 57.2 Å². The lowest BCUT2D eigenvalue weighted by Crippen LogP contribution is -2.53. The zero-order chi connectivity index (χ0) is 28.6. The molecule has 0 radical (unpaired) electrons. The highest BCUT2D eigenvalue weighted by molar-refractivity contribution is 6.03. The lowest BCUT2D eigenvalue weighted by molar-refractivity contribution is -0.144. The molecule has 0 bridgehead atoms. The Hall–Kier alpha value is -3.08. The number of rotatable bonds is 7. The lowest BCUT2D eigenvalue weighted by Gasteiger charge is -2.39. The van der Waals surface area contributed by atoms with E-state index in [0.717, 1.165) is 32.0 Å². The molecule has 1 fully saturated rings. The number of urea groups is 1. The third kappa shape index (κ3) is 5.64. The van der Waals surface area contributed by atoms with Gasteiger partial charge in [0.25, 0.3) is 5.91 Å². The quantitative estimate of drug-likeness (QED) is 0.561. The lowest BCUT2D eigenvalue weighted by atomic mass is 9.91. The number of halogens is 3. The van der Waals surface area contributed by atoms with Crippen molar-refractivity contribution in [3.05, 3.63) is 46.7 Å². The number of carbonyl (C=O) groups excluding carboxylic acids is 3. The van der Waals surface area contributed by atoms with Crippen LogP contribution in [0.25, 0.3) is 0 Å². The number of piperidine rings is 1.